The number of hydrogen-bond donors (Lipinski definition) is 1. The second-order valence-corrected chi connectivity index (χ2v) is 6.99. The highest BCUT2D eigenvalue weighted by atomic mass is 19.3. The van der Waals surface area contributed by atoms with E-state index in [1.165, 1.54) is 4.90 Å². The van der Waals surface area contributed by atoms with Crippen LogP contribution in [0.5, 0.6) is 0 Å². The highest BCUT2D eigenvalue weighted by molar-refractivity contribution is 5.86. The molecule has 0 aromatic rings. The molecule has 1 amide bonds. The van der Waals surface area contributed by atoms with Crippen LogP contribution in [-0.2, 0) is 9.59 Å². The molecule has 1 heterocycles. The average Bonchev–Trinajstić information content (AvgIpc) is 2.36. The Labute approximate surface area is 123 Å². The van der Waals surface area contributed by atoms with Gasteiger partial charge in [0.2, 0.25) is 11.8 Å². The lowest BCUT2D eigenvalue weighted by atomic mass is 9.75. The minimum Gasteiger partial charge on any atom is -0.480 e. The van der Waals surface area contributed by atoms with E-state index >= 15 is 0 Å². The summed E-state index contributed by atoms with van der Waals surface area (Å²) in [6.45, 7) is 4.10. The summed E-state index contributed by atoms with van der Waals surface area (Å²) in [4.78, 5) is 25.6. The first kappa shape index (κ1) is 16.2. The molecule has 2 rings (SSSR count). The molecule has 1 aliphatic heterocycles. The van der Waals surface area contributed by atoms with Gasteiger partial charge in [0.05, 0.1) is 0 Å². The highest BCUT2D eigenvalue weighted by Gasteiger charge is 2.47. The molecule has 1 unspecified atom stereocenters. The average molecular weight is 303 g/mol. The van der Waals surface area contributed by atoms with Gasteiger partial charge in [0, 0.05) is 25.3 Å². The van der Waals surface area contributed by atoms with E-state index in [9.17, 15) is 23.5 Å². The fourth-order valence-electron chi connectivity index (χ4n) is 3.62. The maximum atomic E-state index is 13.2. The van der Waals surface area contributed by atoms with Gasteiger partial charge in [-0.25, -0.2) is 13.6 Å². The van der Waals surface area contributed by atoms with Gasteiger partial charge in [-0.3, -0.25) is 4.79 Å². The molecule has 0 aromatic carbocycles. The van der Waals surface area contributed by atoms with Crippen LogP contribution in [0.3, 0.4) is 0 Å². The van der Waals surface area contributed by atoms with Crippen LogP contribution in [0.25, 0.3) is 0 Å². The minimum absolute atomic E-state index is 0.148. The van der Waals surface area contributed by atoms with Crippen LogP contribution < -0.4 is 0 Å². The minimum atomic E-state index is -2.68. The molecule has 0 aromatic heterocycles. The molecule has 21 heavy (non-hydrogen) atoms. The quantitative estimate of drug-likeness (QED) is 0.853. The largest absolute Gasteiger partial charge is 0.480 e. The predicted molar refractivity (Wildman–Crippen MR) is 73.1 cm³/mol. The molecule has 1 N–H and O–H groups in total. The summed E-state index contributed by atoms with van der Waals surface area (Å²) in [5, 5.41) is 9.46. The number of carboxylic acids is 1. The van der Waals surface area contributed by atoms with Crippen LogP contribution in [0.15, 0.2) is 0 Å². The van der Waals surface area contributed by atoms with E-state index in [1.807, 2.05) is 13.8 Å². The first-order chi connectivity index (χ1) is 9.64. The Morgan fingerprint density at radius 3 is 2.24 bits per heavy atom. The third-order valence-electron chi connectivity index (χ3n) is 4.86. The molecule has 120 valence electrons. The van der Waals surface area contributed by atoms with E-state index < -0.39 is 29.3 Å². The Morgan fingerprint density at radius 2 is 1.71 bits per heavy atom. The van der Waals surface area contributed by atoms with Gasteiger partial charge in [0.15, 0.2) is 0 Å². The number of amides is 1. The number of carboxylic acid groups (broad SMARTS) is 1. The van der Waals surface area contributed by atoms with Crippen molar-refractivity contribution in [2.75, 3.05) is 6.54 Å². The molecule has 1 saturated carbocycles. The molecule has 6 heteroatoms. The van der Waals surface area contributed by atoms with Crippen LogP contribution in [0.2, 0.25) is 0 Å². The molecule has 1 saturated heterocycles. The summed E-state index contributed by atoms with van der Waals surface area (Å²) in [7, 11) is 0. The third-order valence-corrected chi connectivity index (χ3v) is 4.86. The van der Waals surface area contributed by atoms with Crippen molar-refractivity contribution >= 4 is 11.9 Å². The molecule has 2 fully saturated rings. The molecule has 4 nitrogen and oxygen atoms in total. The van der Waals surface area contributed by atoms with Gasteiger partial charge < -0.3 is 10.0 Å². The zero-order valence-electron chi connectivity index (χ0n) is 12.6. The lowest BCUT2D eigenvalue weighted by molar-refractivity contribution is -0.162. The van der Waals surface area contributed by atoms with E-state index in [2.05, 4.69) is 0 Å². The number of carbonyl (C=O) groups excluding carboxylic acids is 1. The zero-order valence-corrected chi connectivity index (χ0v) is 12.6. The second-order valence-electron chi connectivity index (χ2n) is 6.99. The van der Waals surface area contributed by atoms with Crippen LogP contribution in [0, 0.1) is 11.3 Å². The highest BCUT2D eigenvalue weighted by Crippen LogP contribution is 2.40. The number of carbonyl (C=O) groups is 2. The van der Waals surface area contributed by atoms with E-state index in [1.54, 1.807) is 0 Å². The van der Waals surface area contributed by atoms with Crippen LogP contribution in [-0.4, -0.2) is 40.4 Å². The maximum absolute atomic E-state index is 13.2. The fraction of sp³-hybridized carbons (Fsp3) is 0.867. The van der Waals surface area contributed by atoms with Gasteiger partial charge in [-0.2, -0.15) is 0 Å². The first-order valence-electron chi connectivity index (χ1n) is 7.55. The van der Waals surface area contributed by atoms with Crippen molar-refractivity contribution in [2.24, 2.45) is 11.3 Å². The summed E-state index contributed by atoms with van der Waals surface area (Å²) >= 11 is 0. The number of likely N-dealkylation sites (tertiary alicyclic amines) is 1. The van der Waals surface area contributed by atoms with Crippen molar-refractivity contribution in [1.82, 2.24) is 4.90 Å². The summed E-state index contributed by atoms with van der Waals surface area (Å²) in [5.41, 5.74) is -0.488. The summed E-state index contributed by atoms with van der Waals surface area (Å²) in [5.74, 6) is -4.40. The topological polar surface area (TPSA) is 57.6 Å². The van der Waals surface area contributed by atoms with Crippen molar-refractivity contribution in [1.29, 1.82) is 0 Å². The molecule has 0 spiro atoms. The molecule has 0 bridgehead atoms. The Hall–Kier alpha value is -1.20. The van der Waals surface area contributed by atoms with Crippen molar-refractivity contribution in [3.05, 3.63) is 0 Å². The summed E-state index contributed by atoms with van der Waals surface area (Å²) in [6, 6.07) is -0.860. The molecular formula is C15H23F2NO3. The van der Waals surface area contributed by atoms with Gasteiger partial charge in [-0.1, -0.05) is 13.8 Å². The number of hydrogen-bond acceptors (Lipinski definition) is 2. The number of piperidine rings is 1. The summed E-state index contributed by atoms with van der Waals surface area (Å²) in [6.07, 6.45) is 1.24. The molecule has 0 radical (unpaired) electrons. The molecule has 2 aliphatic rings. The lowest BCUT2D eigenvalue weighted by Crippen LogP contribution is -2.57. The normalized spacial score (nSPS) is 29.1. The Kier molecular flexibility index (Phi) is 4.26. The van der Waals surface area contributed by atoms with Gasteiger partial charge in [-0.15, -0.1) is 0 Å². The zero-order chi connectivity index (χ0) is 15.8. The standard InChI is InChI=1S/C15H23F2NO3/c1-14(2)6-3-9-18(11(14)13(20)21)12(19)10-4-7-15(16,17)8-5-10/h10-11H,3-9H2,1-2H3,(H,20,21). The van der Waals surface area contributed by atoms with Crippen LogP contribution in [0.1, 0.15) is 52.4 Å². The number of halogens is 2. The van der Waals surface area contributed by atoms with E-state index in [0.29, 0.717) is 6.54 Å². The van der Waals surface area contributed by atoms with E-state index in [4.69, 9.17) is 0 Å². The summed E-state index contributed by atoms with van der Waals surface area (Å²) < 4.78 is 26.4. The van der Waals surface area contributed by atoms with Gasteiger partial charge in [-0.05, 0) is 31.1 Å². The Morgan fingerprint density at radius 1 is 1.14 bits per heavy atom. The van der Waals surface area contributed by atoms with Crippen molar-refractivity contribution < 1.29 is 23.5 Å². The monoisotopic (exact) mass is 303 g/mol. The second kappa shape index (κ2) is 5.54. The Balaban J connectivity index is 2.12. The first-order valence-corrected chi connectivity index (χ1v) is 7.55. The molecule has 1 aliphatic carbocycles. The SMILES string of the molecule is CC1(C)CCCN(C(=O)C2CCC(F)(F)CC2)C1C(=O)O. The third kappa shape index (κ3) is 3.35. The number of rotatable bonds is 2. The van der Waals surface area contributed by atoms with Crippen molar-refractivity contribution in [2.45, 2.75) is 64.3 Å². The van der Waals surface area contributed by atoms with Crippen LogP contribution >= 0.6 is 0 Å². The van der Waals surface area contributed by atoms with E-state index in [-0.39, 0.29) is 31.6 Å². The number of alkyl halides is 2. The van der Waals surface area contributed by atoms with E-state index in [0.717, 1.165) is 12.8 Å². The number of aliphatic carboxylic acids is 1. The predicted octanol–water partition coefficient (Wildman–Crippen LogP) is 2.91. The van der Waals surface area contributed by atoms with Gasteiger partial charge in [0.25, 0.3) is 0 Å². The van der Waals surface area contributed by atoms with Gasteiger partial charge >= 0.3 is 5.97 Å². The maximum Gasteiger partial charge on any atom is 0.326 e. The van der Waals surface area contributed by atoms with Crippen molar-refractivity contribution in [3.63, 3.8) is 0 Å². The van der Waals surface area contributed by atoms with Gasteiger partial charge in [0.1, 0.15) is 6.04 Å². The van der Waals surface area contributed by atoms with Crippen molar-refractivity contribution in [3.8, 4) is 0 Å². The number of nitrogens with zero attached hydrogens (tertiary/aromatic N) is 1. The van der Waals surface area contributed by atoms with Crippen LogP contribution in [0.4, 0.5) is 8.78 Å². The molecular weight excluding hydrogens is 280 g/mol. The lowest BCUT2D eigenvalue weighted by Gasteiger charge is -2.45. The molecule has 1 atom stereocenters. The fourth-order valence-corrected chi connectivity index (χ4v) is 3.62. The smallest absolute Gasteiger partial charge is 0.326 e. The Bertz CT molecular complexity index is 427.